The molecule has 0 saturated heterocycles. The summed E-state index contributed by atoms with van der Waals surface area (Å²) in [6.07, 6.45) is 14.5. The van der Waals surface area contributed by atoms with E-state index in [4.69, 9.17) is 9.40 Å². The Morgan fingerprint density at radius 1 is 1.04 bits per heavy atom. The lowest BCUT2D eigenvalue weighted by Gasteiger charge is -2.01. The number of allylic oxidation sites excluding steroid dienone is 6. The van der Waals surface area contributed by atoms with E-state index >= 15 is 0 Å². The van der Waals surface area contributed by atoms with Crippen LogP contribution in [-0.2, 0) is 12.8 Å². The second kappa shape index (κ2) is 7.28. The number of aryl methyl sites for hydroxylation is 4. The Morgan fingerprint density at radius 2 is 1.87 bits per heavy atom. The third-order valence-corrected chi connectivity index (χ3v) is 4.12. The van der Waals surface area contributed by atoms with Crippen LogP contribution in [0.2, 0.25) is 0 Å². The molecule has 1 aromatic heterocycles. The monoisotopic (exact) mass is 305 g/mol. The molecule has 2 aromatic rings. The molecule has 0 unspecified atom stereocenters. The van der Waals surface area contributed by atoms with Crippen molar-refractivity contribution in [2.75, 3.05) is 0 Å². The summed E-state index contributed by atoms with van der Waals surface area (Å²) < 4.78 is 5.86. The lowest BCUT2D eigenvalue weighted by atomic mass is 10.1. The van der Waals surface area contributed by atoms with Gasteiger partial charge in [0.25, 0.3) is 0 Å². The zero-order valence-corrected chi connectivity index (χ0v) is 13.9. The van der Waals surface area contributed by atoms with Crippen molar-refractivity contribution in [3.05, 3.63) is 83.1 Å². The van der Waals surface area contributed by atoms with Gasteiger partial charge in [-0.25, -0.2) is 4.98 Å². The molecule has 0 atom stereocenters. The zero-order chi connectivity index (χ0) is 16.1. The SMILES string of the molecule is Cc1ccc(CCCc2nc(C3=CC=CCC=C3)oc2C)cc1. The number of oxazole rings is 1. The zero-order valence-electron chi connectivity index (χ0n) is 13.9. The Kier molecular flexibility index (Phi) is 4.92. The predicted octanol–water partition coefficient (Wildman–Crippen LogP) is 5.37. The highest BCUT2D eigenvalue weighted by molar-refractivity contribution is 5.70. The molecule has 1 aliphatic carbocycles. The van der Waals surface area contributed by atoms with Crippen molar-refractivity contribution in [1.29, 1.82) is 0 Å². The molecule has 0 aliphatic heterocycles. The van der Waals surface area contributed by atoms with Crippen molar-refractivity contribution < 1.29 is 4.42 Å². The van der Waals surface area contributed by atoms with Gasteiger partial charge in [-0.3, -0.25) is 0 Å². The quantitative estimate of drug-likeness (QED) is 0.742. The van der Waals surface area contributed by atoms with Crippen molar-refractivity contribution >= 4 is 5.57 Å². The molecule has 0 fully saturated rings. The average molecular weight is 305 g/mol. The second-order valence-corrected chi connectivity index (χ2v) is 6.05. The summed E-state index contributed by atoms with van der Waals surface area (Å²) >= 11 is 0. The van der Waals surface area contributed by atoms with E-state index in [1.54, 1.807) is 0 Å². The summed E-state index contributed by atoms with van der Waals surface area (Å²) in [5, 5.41) is 0. The fourth-order valence-electron chi connectivity index (χ4n) is 2.72. The van der Waals surface area contributed by atoms with Crippen molar-refractivity contribution in [3.63, 3.8) is 0 Å². The van der Waals surface area contributed by atoms with E-state index in [0.29, 0.717) is 0 Å². The maximum Gasteiger partial charge on any atom is 0.226 e. The first kappa shape index (κ1) is 15.5. The number of benzene rings is 1. The molecule has 1 heterocycles. The third kappa shape index (κ3) is 4.10. The van der Waals surface area contributed by atoms with Gasteiger partial charge in [0.1, 0.15) is 5.76 Å². The molecule has 118 valence electrons. The molecule has 3 rings (SSSR count). The minimum absolute atomic E-state index is 0.732. The van der Waals surface area contributed by atoms with E-state index in [1.807, 2.05) is 6.92 Å². The summed E-state index contributed by atoms with van der Waals surface area (Å²) in [7, 11) is 0. The van der Waals surface area contributed by atoms with E-state index in [-0.39, 0.29) is 0 Å². The van der Waals surface area contributed by atoms with Gasteiger partial charge in [0.05, 0.1) is 5.69 Å². The van der Waals surface area contributed by atoms with E-state index in [2.05, 4.69) is 61.6 Å². The molecule has 0 radical (unpaired) electrons. The maximum absolute atomic E-state index is 5.86. The molecule has 0 saturated carbocycles. The summed E-state index contributed by atoms with van der Waals surface area (Å²) in [6, 6.07) is 8.77. The van der Waals surface area contributed by atoms with E-state index < -0.39 is 0 Å². The van der Waals surface area contributed by atoms with Gasteiger partial charge in [-0.15, -0.1) is 0 Å². The van der Waals surface area contributed by atoms with Gasteiger partial charge >= 0.3 is 0 Å². The summed E-state index contributed by atoms with van der Waals surface area (Å²) in [6.45, 7) is 4.13. The van der Waals surface area contributed by atoms with Gasteiger partial charge in [-0.1, -0.05) is 54.1 Å². The molecular formula is C21H23NO. The van der Waals surface area contributed by atoms with Crippen LogP contribution in [0, 0.1) is 13.8 Å². The van der Waals surface area contributed by atoms with Crippen LogP contribution in [0.5, 0.6) is 0 Å². The fraction of sp³-hybridized carbons (Fsp3) is 0.286. The number of aromatic nitrogens is 1. The Labute approximate surface area is 138 Å². The first-order valence-corrected chi connectivity index (χ1v) is 8.28. The number of rotatable bonds is 5. The van der Waals surface area contributed by atoms with Crippen molar-refractivity contribution in [3.8, 4) is 0 Å². The topological polar surface area (TPSA) is 26.0 Å². The molecule has 0 amide bonds. The van der Waals surface area contributed by atoms with Crippen LogP contribution in [0.1, 0.15) is 41.3 Å². The van der Waals surface area contributed by atoms with Crippen molar-refractivity contribution in [1.82, 2.24) is 4.98 Å². The van der Waals surface area contributed by atoms with Gasteiger partial charge in [0.15, 0.2) is 0 Å². The molecule has 0 N–H and O–H groups in total. The minimum Gasteiger partial charge on any atom is -0.441 e. The van der Waals surface area contributed by atoms with Crippen LogP contribution in [0.15, 0.2) is 59.1 Å². The largest absolute Gasteiger partial charge is 0.441 e. The van der Waals surface area contributed by atoms with Gasteiger partial charge < -0.3 is 4.42 Å². The van der Waals surface area contributed by atoms with Crippen LogP contribution in [-0.4, -0.2) is 4.98 Å². The normalized spacial score (nSPS) is 13.9. The van der Waals surface area contributed by atoms with Crippen LogP contribution < -0.4 is 0 Å². The first-order chi connectivity index (χ1) is 11.2. The van der Waals surface area contributed by atoms with E-state index in [1.165, 1.54) is 11.1 Å². The molecule has 23 heavy (non-hydrogen) atoms. The van der Waals surface area contributed by atoms with Gasteiger partial charge in [0, 0.05) is 5.57 Å². The third-order valence-electron chi connectivity index (χ3n) is 4.12. The highest BCUT2D eigenvalue weighted by atomic mass is 16.4. The Balaban J connectivity index is 1.63. The van der Waals surface area contributed by atoms with E-state index in [0.717, 1.165) is 48.6 Å². The van der Waals surface area contributed by atoms with Crippen molar-refractivity contribution in [2.45, 2.75) is 39.5 Å². The average Bonchev–Trinajstić information content (AvgIpc) is 2.77. The summed E-state index contributed by atoms with van der Waals surface area (Å²) in [5.41, 5.74) is 4.82. The number of hydrogen-bond donors (Lipinski definition) is 0. The minimum atomic E-state index is 0.732. The summed E-state index contributed by atoms with van der Waals surface area (Å²) in [5.74, 6) is 1.67. The van der Waals surface area contributed by atoms with Crippen LogP contribution in [0.25, 0.3) is 5.57 Å². The molecule has 1 aromatic carbocycles. The van der Waals surface area contributed by atoms with Crippen molar-refractivity contribution in [2.24, 2.45) is 0 Å². The standard InChI is InChI=1S/C21H23NO/c1-16-12-14-18(15-13-16)8-7-11-20-17(2)23-21(22-20)19-9-5-3-4-6-10-19/h3,5-6,9-10,12-15H,4,7-8,11H2,1-2H3. The molecular weight excluding hydrogens is 282 g/mol. The highest BCUT2D eigenvalue weighted by Gasteiger charge is 2.12. The molecule has 0 spiro atoms. The number of hydrogen-bond acceptors (Lipinski definition) is 2. The molecule has 2 heteroatoms. The first-order valence-electron chi connectivity index (χ1n) is 8.28. The number of nitrogens with zero attached hydrogens (tertiary/aromatic N) is 1. The van der Waals surface area contributed by atoms with E-state index in [9.17, 15) is 0 Å². The lowest BCUT2D eigenvalue weighted by Crippen LogP contribution is -1.93. The predicted molar refractivity (Wildman–Crippen MR) is 95.3 cm³/mol. The molecule has 2 nitrogen and oxygen atoms in total. The van der Waals surface area contributed by atoms with Crippen LogP contribution in [0.4, 0.5) is 0 Å². The Morgan fingerprint density at radius 3 is 2.70 bits per heavy atom. The highest BCUT2D eigenvalue weighted by Crippen LogP contribution is 2.22. The lowest BCUT2D eigenvalue weighted by molar-refractivity contribution is 0.511. The van der Waals surface area contributed by atoms with Gasteiger partial charge in [-0.05, 0) is 51.2 Å². The van der Waals surface area contributed by atoms with Crippen LogP contribution >= 0.6 is 0 Å². The second-order valence-electron chi connectivity index (χ2n) is 6.05. The Hall–Kier alpha value is -2.35. The molecule has 0 bridgehead atoms. The van der Waals surface area contributed by atoms with Gasteiger partial charge in [0.2, 0.25) is 5.89 Å². The van der Waals surface area contributed by atoms with Crippen LogP contribution in [0.3, 0.4) is 0 Å². The smallest absolute Gasteiger partial charge is 0.226 e. The van der Waals surface area contributed by atoms with Gasteiger partial charge in [-0.2, -0.15) is 0 Å². The summed E-state index contributed by atoms with van der Waals surface area (Å²) in [4.78, 5) is 4.70. The Bertz CT molecular complexity index is 745. The molecule has 1 aliphatic rings. The maximum atomic E-state index is 5.86. The fourth-order valence-corrected chi connectivity index (χ4v) is 2.72.